The van der Waals surface area contributed by atoms with Gasteiger partial charge in [-0.3, -0.25) is 4.79 Å². The van der Waals surface area contributed by atoms with Crippen LogP contribution in [0, 0.1) is 0 Å². The highest BCUT2D eigenvalue weighted by molar-refractivity contribution is 5.95. The first-order valence-electron chi connectivity index (χ1n) is 5.94. The van der Waals surface area contributed by atoms with Crippen molar-refractivity contribution < 1.29 is 24.1 Å². The van der Waals surface area contributed by atoms with E-state index in [0.717, 1.165) is 0 Å². The Balaban J connectivity index is 2.27. The molecule has 1 saturated heterocycles. The summed E-state index contributed by atoms with van der Waals surface area (Å²) in [4.78, 5) is 13.4. The lowest BCUT2D eigenvalue weighted by Crippen LogP contribution is -2.48. The highest BCUT2D eigenvalue weighted by atomic mass is 16.5. The van der Waals surface area contributed by atoms with Crippen LogP contribution in [0.2, 0.25) is 0 Å². The zero-order chi connectivity index (χ0) is 13.8. The number of hydrogen-bond donors (Lipinski definition) is 1. The minimum absolute atomic E-state index is 0.0282. The molecule has 104 valence electrons. The Morgan fingerprint density at radius 1 is 1.37 bits per heavy atom. The van der Waals surface area contributed by atoms with Gasteiger partial charge in [0.1, 0.15) is 6.61 Å². The van der Waals surface area contributed by atoms with Gasteiger partial charge in [-0.25, -0.2) is 0 Å². The summed E-state index contributed by atoms with van der Waals surface area (Å²) in [7, 11) is 3.10. The summed E-state index contributed by atoms with van der Waals surface area (Å²) in [6.45, 7) is 0.182. The van der Waals surface area contributed by atoms with Crippen molar-refractivity contribution in [1.29, 1.82) is 0 Å². The number of carbonyl (C=O) groups is 1. The molecule has 6 heteroatoms. The smallest absolute Gasteiger partial charge is 0.253 e. The van der Waals surface area contributed by atoms with Crippen molar-refractivity contribution in [1.82, 2.24) is 0 Å². The molecule has 2 rings (SSSR count). The van der Waals surface area contributed by atoms with Crippen molar-refractivity contribution in [2.24, 2.45) is 0 Å². The Morgan fingerprint density at radius 3 is 2.74 bits per heavy atom. The third kappa shape index (κ3) is 2.80. The number of morpholine rings is 1. The number of aliphatic hydroxyl groups is 1. The van der Waals surface area contributed by atoms with Gasteiger partial charge in [-0.1, -0.05) is 0 Å². The Labute approximate surface area is 111 Å². The molecule has 1 aliphatic heterocycles. The summed E-state index contributed by atoms with van der Waals surface area (Å²) in [5.41, 5.74) is 0.699. The molecule has 1 amide bonds. The standard InChI is InChI=1S/C13H17NO5/c1-17-11-4-3-9(5-12(11)18-2)14-6-10(7-15)19-8-13(14)16/h3-5,10,15H,6-8H2,1-2H3. The van der Waals surface area contributed by atoms with Crippen molar-refractivity contribution in [2.75, 3.05) is 38.9 Å². The molecular weight excluding hydrogens is 250 g/mol. The van der Waals surface area contributed by atoms with Crippen LogP contribution < -0.4 is 14.4 Å². The maximum atomic E-state index is 11.9. The molecule has 0 spiro atoms. The predicted octanol–water partition coefficient (Wildman–Crippen LogP) is 0.428. The van der Waals surface area contributed by atoms with Gasteiger partial charge in [-0.15, -0.1) is 0 Å². The second-order valence-corrected chi connectivity index (χ2v) is 4.16. The van der Waals surface area contributed by atoms with Crippen LogP contribution in [0.3, 0.4) is 0 Å². The van der Waals surface area contributed by atoms with Crippen LogP contribution in [0.1, 0.15) is 0 Å². The van der Waals surface area contributed by atoms with E-state index in [1.54, 1.807) is 37.3 Å². The van der Waals surface area contributed by atoms with E-state index in [4.69, 9.17) is 19.3 Å². The number of nitrogens with zero attached hydrogens (tertiary/aromatic N) is 1. The van der Waals surface area contributed by atoms with Gasteiger partial charge >= 0.3 is 0 Å². The summed E-state index contributed by atoms with van der Waals surface area (Å²) < 4.78 is 15.6. The average Bonchev–Trinajstić information content (AvgIpc) is 2.47. The number of carbonyl (C=O) groups excluding carboxylic acids is 1. The van der Waals surface area contributed by atoms with E-state index in [9.17, 15) is 4.79 Å². The van der Waals surface area contributed by atoms with Gasteiger partial charge in [-0.05, 0) is 12.1 Å². The molecule has 19 heavy (non-hydrogen) atoms. The van der Waals surface area contributed by atoms with Crippen LogP contribution in [0.4, 0.5) is 5.69 Å². The van der Waals surface area contributed by atoms with E-state index in [1.807, 2.05) is 0 Å². The number of ether oxygens (including phenoxy) is 3. The highest BCUT2D eigenvalue weighted by Crippen LogP contribution is 2.32. The fourth-order valence-corrected chi connectivity index (χ4v) is 1.98. The molecule has 0 aromatic heterocycles. The monoisotopic (exact) mass is 267 g/mol. The van der Waals surface area contributed by atoms with Crippen LogP contribution in [-0.2, 0) is 9.53 Å². The van der Waals surface area contributed by atoms with E-state index >= 15 is 0 Å². The van der Waals surface area contributed by atoms with Crippen molar-refractivity contribution in [3.05, 3.63) is 18.2 Å². The number of aliphatic hydroxyl groups excluding tert-OH is 1. The Bertz CT molecular complexity index is 462. The average molecular weight is 267 g/mol. The number of methoxy groups -OCH3 is 2. The zero-order valence-corrected chi connectivity index (χ0v) is 11.0. The summed E-state index contributed by atoms with van der Waals surface area (Å²) in [5.74, 6) is 1.02. The molecule has 6 nitrogen and oxygen atoms in total. The molecule has 1 aromatic carbocycles. The van der Waals surface area contributed by atoms with Crippen LogP contribution in [0.15, 0.2) is 18.2 Å². The summed E-state index contributed by atoms with van der Waals surface area (Å²) in [6.07, 6.45) is -0.356. The highest BCUT2D eigenvalue weighted by Gasteiger charge is 2.27. The number of anilines is 1. The van der Waals surface area contributed by atoms with E-state index in [-0.39, 0.29) is 25.2 Å². The maximum absolute atomic E-state index is 11.9. The molecule has 1 heterocycles. The number of amides is 1. The third-order valence-electron chi connectivity index (χ3n) is 3.01. The molecule has 1 atom stereocenters. The molecule has 1 N–H and O–H groups in total. The first-order chi connectivity index (χ1) is 9.19. The molecule has 1 fully saturated rings. The van der Waals surface area contributed by atoms with Gasteiger partial charge in [0.15, 0.2) is 11.5 Å². The van der Waals surface area contributed by atoms with E-state index in [0.29, 0.717) is 23.7 Å². The molecule has 1 aliphatic rings. The molecule has 0 saturated carbocycles. The van der Waals surface area contributed by atoms with Crippen LogP contribution in [0.5, 0.6) is 11.5 Å². The number of hydrogen-bond acceptors (Lipinski definition) is 5. The van der Waals surface area contributed by atoms with Crippen LogP contribution >= 0.6 is 0 Å². The largest absolute Gasteiger partial charge is 0.493 e. The predicted molar refractivity (Wildman–Crippen MR) is 68.7 cm³/mol. The van der Waals surface area contributed by atoms with Gasteiger partial charge in [0.2, 0.25) is 0 Å². The van der Waals surface area contributed by atoms with Crippen molar-refractivity contribution in [3.8, 4) is 11.5 Å². The van der Waals surface area contributed by atoms with Crippen molar-refractivity contribution in [3.63, 3.8) is 0 Å². The van der Waals surface area contributed by atoms with E-state index in [2.05, 4.69) is 0 Å². The summed E-state index contributed by atoms with van der Waals surface area (Å²) in [6, 6.07) is 5.25. The fourth-order valence-electron chi connectivity index (χ4n) is 1.98. The minimum atomic E-state index is -0.356. The van der Waals surface area contributed by atoms with Gasteiger partial charge in [0, 0.05) is 11.8 Å². The number of rotatable bonds is 4. The Kier molecular flexibility index (Phi) is 4.24. The lowest BCUT2D eigenvalue weighted by Gasteiger charge is -2.32. The number of benzene rings is 1. The summed E-state index contributed by atoms with van der Waals surface area (Å²) in [5, 5.41) is 9.12. The lowest BCUT2D eigenvalue weighted by molar-refractivity contribution is -0.130. The third-order valence-corrected chi connectivity index (χ3v) is 3.01. The quantitative estimate of drug-likeness (QED) is 0.856. The molecular formula is C13H17NO5. The SMILES string of the molecule is COc1ccc(N2CC(CO)OCC2=O)cc1OC. The first-order valence-corrected chi connectivity index (χ1v) is 5.94. The topological polar surface area (TPSA) is 68.2 Å². The lowest BCUT2D eigenvalue weighted by atomic mass is 10.2. The molecule has 0 aliphatic carbocycles. The van der Waals surface area contributed by atoms with E-state index in [1.165, 1.54) is 0 Å². The second-order valence-electron chi connectivity index (χ2n) is 4.16. The first kappa shape index (κ1) is 13.6. The molecule has 0 radical (unpaired) electrons. The normalized spacial score (nSPS) is 19.4. The van der Waals surface area contributed by atoms with Crippen molar-refractivity contribution >= 4 is 11.6 Å². The van der Waals surface area contributed by atoms with Crippen LogP contribution in [0.25, 0.3) is 0 Å². The zero-order valence-electron chi connectivity index (χ0n) is 11.0. The summed E-state index contributed by atoms with van der Waals surface area (Å²) >= 11 is 0. The minimum Gasteiger partial charge on any atom is -0.493 e. The molecule has 1 unspecified atom stereocenters. The maximum Gasteiger partial charge on any atom is 0.253 e. The second kappa shape index (κ2) is 5.90. The van der Waals surface area contributed by atoms with E-state index < -0.39 is 0 Å². The fraction of sp³-hybridized carbons (Fsp3) is 0.462. The van der Waals surface area contributed by atoms with Gasteiger partial charge in [0.25, 0.3) is 5.91 Å². The molecule has 0 bridgehead atoms. The Morgan fingerprint density at radius 2 is 2.11 bits per heavy atom. The van der Waals surface area contributed by atoms with Gasteiger partial charge in [-0.2, -0.15) is 0 Å². The van der Waals surface area contributed by atoms with Gasteiger partial charge < -0.3 is 24.2 Å². The van der Waals surface area contributed by atoms with Crippen molar-refractivity contribution in [2.45, 2.75) is 6.10 Å². The Hall–Kier alpha value is -1.79. The van der Waals surface area contributed by atoms with Gasteiger partial charge in [0.05, 0.1) is 33.5 Å². The molecule has 1 aromatic rings. The van der Waals surface area contributed by atoms with Crippen LogP contribution in [-0.4, -0.2) is 51.1 Å².